The largest absolute Gasteiger partial charge is 0.375 e. The molecule has 8 nitrogen and oxygen atoms in total. The van der Waals surface area contributed by atoms with E-state index in [0.29, 0.717) is 30.4 Å². The second kappa shape index (κ2) is 12.5. The molecule has 222 valence electrons. The lowest BCUT2D eigenvalue weighted by Crippen LogP contribution is -2.38. The third-order valence-electron chi connectivity index (χ3n) is 7.83. The average Bonchev–Trinajstić information content (AvgIpc) is 3.36. The molecule has 1 amide bonds. The van der Waals surface area contributed by atoms with E-state index < -0.39 is 11.6 Å². The summed E-state index contributed by atoms with van der Waals surface area (Å²) in [6.45, 7) is 15.5. The van der Waals surface area contributed by atoms with Crippen molar-refractivity contribution in [3.05, 3.63) is 62.5 Å². The molecule has 2 aromatic heterocycles. The Morgan fingerprint density at radius 2 is 1.80 bits per heavy atom. The van der Waals surface area contributed by atoms with E-state index in [2.05, 4.69) is 47.8 Å². The number of amides is 1. The van der Waals surface area contributed by atoms with E-state index in [1.54, 1.807) is 15.8 Å². The van der Waals surface area contributed by atoms with E-state index in [9.17, 15) is 4.79 Å². The van der Waals surface area contributed by atoms with E-state index >= 15 is 0 Å². The highest BCUT2D eigenvalue weighted by Crippen LogP contribution is 2.39. The Kier molecular flexibility index (Phi) is 9.65. The van der Waals surface area contributed by atoms with Crippen molar-refractivity contribution in [1.82, 2.24) is 24.5 Å². The number of halogens is 2. The number of nitrogens with one attached hydrogen (secondary N) is 1. The van der Waals surface area contributed by atoms with Crippen molar-refractivity contribution >= 4 is 46.3 Å². The van der Waals surface area contributed by atoms with Gasteiger partial charge in [0, 0.05) is 46.8 Å². The molecule has 1 N–H and O–H groups in total. The maximum atomic E-state index is 13.3. The Balaban J connectivity index is 1.51. The first-order chi connectivity index (χ1) is 19.2. The van der Waals surface area contributed by atoms with E-state index in [0.717, 1.165) is 39.6 Å². The van der Waals surface area contributed by atoms with Gasteiger partial charge < -0.3 is 10.1 Å². The van der Waals surface area contributed by atoms with E-state index in [1.165, 1.54) is 4.88 Å². The smallest absolute Gasteiger partial charge is 0.222 e. The molecule has 0 aliphatic carbocycles. The van der Waals surface area contributed by atoms with Crippen LogP contribution in [0.4, 0.5) is 0 Å². The Labute approximate surface area is 257 Å². The van der Waals surface area contributed by atoms with Gasteiger partial charge in [0.25, 0.3) is 0 Å². The van der Waals surface area contributed by atoms with E-state index in [1.807, 2.05) is 52.1 Å². The number of benzene rings is 1. The van der Waals surface area contributed by atoms with Gasteiger partial charge in [0.2, 0.25) is 5.91 Å². The topological polar surface area (TPSA) is 84.6 Å². The summed E-state index contributed by atoms with van der Waals surface area (Å²) in [6, 6.07) is 7.18. The number of ether oxygens (including phenoxy) is 1. The minimum atomic E-state index is -0.500. The molecule has 0 radical (unpaired) electrons. The van der Waals surface area contributed by atoms with Gasteiger partial charge in [-0.05, 0) is 90.8 Å². The fraction of sp³-hybridized carbons (Fsp3) is 0.533. The van der Waals surface area contributed by atoms with Crippen LogP contribution in [0.2, 0.25) is 5.02 Å². The van der Waals surface area contributed by atoms with Gasteiger partial charge in [-0.2, -0.15) is 0 Å². The number of aryl methyl sites for hydroxylation is 2. The summed E-state index contributed by atoms with van der Waals surface area (Å²) in [4.78, 5) is 19.6. The molecule has 0 unspecified atom stereocenters. The predicted molar refractivity (Wildman–Crippen MR) is 168 cm³/mol. The number of fused-ring (bicyclic) bond motifs is 3. The molecule has 3 aromatic rings. The molecule has 4 rings (SSSR count). The normalized spacial score (nSPS) is 15.4. The van der Waals surface area contributed by atoms with Gasteiger partial charge in [0.1, 0.15) is 16.9 Å². The summed E-state index contributed by atoms with van der Waals surface area (Å²) in [5, 5.41) is 13.6. The van der Waals surface area contributed by atoms with E-state index in [4.69, 9.17) is 33.1 Å². The van der Waals surface area contributed by atoms with Crippen LogP contribution in [0.15, 0.2) is 29.3 Å². The third-order valence-corrected chi connectivity index (χ3v) is 9.73. The van der Waals surface area contributed by atoms with Crippen LogP contribution in [0.1, 0.15) is 86.2 Å². The SMILES string of the molecule is Cc1sc2c(c1C)C(c1ccc(Cl)cc1)=N[C@@H](CC(=O)NCCC(C)(C)OCCC(C)(C)N(C)Cl)c1nnc(C)n1-2. The zero-order chi connectivity index (χ0) is 30.1. The Hall–Kier alpha value is -2.30. The highest BCUT2D eigenvalue weighted by atomic mass is 35.5. The first-order valence-electron chi connectivity index (χ1n) is 13.9. The summed E-state index contributed by atoms with van der Waals surface area (Å²) >= 11 is 14.0. The molecule has 1 atom stereocenters. The zero-order valence-electron chi connectivity index (χ0n) is 25.1. The zero-order valence-corrected chi connectivity index (χ0v) is 27.5. The fourth-order valence-electron chi connectivity index (χ4n) is 4.69. The van der Waals surface area contributed by atoms with Crippen molar-refractivity contribution in [3.63, 3.8) is 0 Å². The van der Waals surface area contributed by atoms with Crippen molar-refractivity contribution in [3.8, 4) is 5.00 Å². The Morgan fingerprint density at radius 3 is 2.46 bits per heavy atom. The molecule has 41 heavy (non-hydrogen) atoms. The lowest BCUT2D eigenvalue weighted by Gasteiger charge is -2.32. The van der Waals surface area contributed by atoms with Crippen molar-refractivity contribution in [2.45, 2.75) is 84.9 Å². The molecule has 0 spiro atoms. The number of carbonyl (C=O) groups is 1. The minimum Gasteiger partial charge on any atom is -0.375 e. The molecular formula is C30H40Cl2N6O2S. The molecule has 0 saturated heterocycles. The summed E-state index contributed by atoms with van der Waals surface area (Å²) in [5.74, 6) is 1.34. The van der Waals surface area contributed by atoms with Crippen LogP contribution in [0.3, 0.4) is 0 Å². The van der Waals surface area contributed by atoms with Crippen molar-refractivity contribution in [1.29, 1.82) is 0 Å². The molecule has 0 saturated carbocycles. The van der Waals surface area contributed by atoms with Gasteiger partial charge >= 0.3 is 0 Å². The number of nitrogens with zero attached hydrogens (tertiary/aromatic N) is 5. The summed E-state index contributed by atoms with van der Waals surface area (Å²) < 4.78 is 9.88. The molecule has 0 bridgehead atoms. The molecule has 1 aliphatic rings. The molecule has 1 aromatic carbocycles. The Morgan fingerprint density at radius 1 is 1.12 bits per heavy atom. The summed E-state index contributed by atoms with van der Waals surface area (Å²) in [5.41, 5.74) is 3.42. The quantitative estimate of drug-likeness (QED) is 0.240. The van der Waals surface area contributed by atoms with Crippen LogP contribution < -0.4 is 5.32 Å². The Bertz CT molecular complexity index is 1430. The van der Waals surface area contributed by atoms with Crippen molar-refractivity contribution in [2.75, 3.05) is 20.2 Å². The first kappa shape index (κ1) is 31.6. The van der Waals surface area contributed by atoms with Crippen LogP contribution in [-0.2, 0) is 9.53 Å². The highest BCUT2D eigenvalue weighted by Gasteiger charge is 2.32. The fourth-order valence-corrected chi connectivity index (χ4v) is 6.11. The summed E-state index contributed by atoms with van der Waals surface area (Å²) in [7, 11) is 1.85. The van der Waals surface area contributed by atoms with Gasteiger partial charge in [-0.3, -0.25) is 14.4 Å². The second-order valence-electron chi connectivity index (χ2n) is 11.9. The third kappa shape index (κ3) is 7.20. The van der Waals surface area contributed by atoms with Crippen LogP contribution in [0.25, 0.3) is 5.00 Å². The number of aliphatic imine (C=N–C) groups is 1. The summed E-state index contributed by atoms with van der Waals surface area (Å²) in [6.07, 6.45) is 1.62. The molecule has 1 aliphatic heterocycles. The average molecular weight is 620 g/mol. The number of thiophene rings is 1. The van der Waals surface area contributed by atoms with E-state index in [-0.39, 0.29) is 17.9 Å². The van der Waals surface area contributed by atoms with Gasteiger partial charge in [-0.15, -0.1) is 21.5 Å². The van der Waals surface area contributed by atoms with Crippen LogP contribution >= 0.6 is 34.7 Å². The van der Waals surface area contributed by atoms with Gasteiger partial charge in [0.15, 0.2) is 5.82 Å². The predicted octanol–water partition coefficient (Wildman–Crippen LogP) is 6.75. The molecule has 0 fully saturated rings. The van der Waals surface area contributed by atoms with Crippen LogP contribution in [0.5, 0.6) is 0 Å². The van der Waals surface area contributed by atoms with Crippen LogP contribution in [-0.4, -0.2) is 62.1 Å². The lowest BCUT2D eigenvalue weighted by molar-refractivity contribution is -0.121. The first-order valence-corrected chi connectivity index (χ1v) is 15.4. The number of hydrogen-bond acceptors (Lipinski definition) is 7. The minimum absolute atomic E-state index is 0.0970. The highest BCUT2D eigenvalue weighted by molar-refractivity contribution is 7.15. The molecular weight excluding hydrogens is 579 g/mol. The number of carbonyl (C=O) groups excluding carboxylic acids is 1. The number of hydrogen-bond donors (Lipinski definition) is 1. The number of aromatic nitrogens is 3. The maximum absolute atomic E-state index is 13.3. The second-order valence-corrected chi connectivity index (χ2v) is 14.0. The van der Waals surface area contributed by atoms with Gasteiger partial charge in [-0.1, -0.05) is 23.7 Å². The molecule has 11 heteroatoms. The standard InChI is InChI=1S/C30H40Cl2N6O2S/c1-18-19(2)41-28-25(18)26(21-9-11-22(31)12-10-21)34-23(27-36-35-20(3)38(27)28)17-24(39)33-15-13-30(6,7)40-16-14-29(4,5)37(8)32/h9-12,23H,13-17H2,1-8H3,(H,33,39)/t23-/m0/s1. The van der Waals surface area contributed by atoms with Gasteiger partial charge in [-0.25, -0.2) is 4.42 Å². The van der Waals surface area contributed by atoms with Crippen molar-refractivity contribution < 1.29 is 9.53 Å². The van der Waals surface area contributed by atoms with Crippen LogP contribution in [0, 0.1) is 20.8 Å². The van der Waals surface area contributed by atoms with Gasteiger partial charge in [0.05, 0.1) is 17.7 Å². The lowest BCUT2D eigenvalue weighted by atomic mass is 9.99. The van der Waals surface area contributed by atoms with Crippen molar-refractivity contribution in [2.24, 2.45) is 4.99 Å². The monoisotopic (exact) mass is 618 g/mol. The maximum Gasteiger partial charge on any atom is 0.222 e. The molecule has 3 heterocycles. The number of rotatable bonds is 11.